The first-order chi connectivity index (χ1) is 24.9. The molecule has 0 bridgehead atoms. The maximum absolute atomic E-state index is 14.5. The number of unbranched alkanes of at least 4 members (excludes halogenated alkanes) is 2. The van der Waals surface area contributed by atoms with Gasteiger partial charge in [-0.15, -0.1) is 13.2 Å². The van der Waals surface area contributed by atoms with Gasteiger partial charge in [0.2, 0.25) is 0 Å². The van der Waals surface area contributed by atoms with Gasteiger partial charge in [-0.3, -0.25) is 9.59 Å². The lowest BCUT2D eigenvalue weighted by Gasteiger charge is -2.36. The van der Waals surface area contributed by atoms with E-state index in [2.05, 4.69) is 34.3 Å². The average Bonchev–Trinajstić information content (AvgIpc) is 3.51. The average molecular weight is 721 g/mol. The molecule has 0 fully saturated rings. The monoisotopic (exact) mass is 720 g/mol. The van der Waals surface area contributed by atoms with Crippen molar-refractivity contribution >= 4 is 29.2 Å². The van der Waals surface area contributed by atoms with Crippen LogP contribution in [-0.2, 0) is 13.0 Å². The predicted molar refractivity (Wildman–Crippen MR) is 191 cm³/mol. The molecule has 0 saturated heterocycles. The van der Waals surface area contributed by atoms with Gasteiger partial charge in [0, 0.05) is 31.0 Å². The summed E-state index contributed by atoms with van der Waals surface area (Å²) in [5, 5.41) is 20.0. The van der Waals surface area contributed by atoms with Crippen molar-refractivity contribution in [2.24, 2.45) is 0 Å². The molecule has 4 amide bonds. The fourth-order valence-corrected chi connectivity index (χ4v) is 6.18. The fraction of sp³-hybridized carbons (Fsp3) is 0.368. The molecule has 14 heteroatoms. The summed E-state index contributed by atoms with van der Waals surface area (Å²) in [6, 6.07) is 17.6. The second-order valence-corrected chi connectivity index (χ2v) is 12.7. The van der Waals surface area contributed by atoms with Crippen LogP contribution in [0.2, 0.25) is 0 Å². The topological polar surface area (TPSA) is 129 Å². The van der Waals surface area contributed by atoms with Gasteiger partial charge in [-0.25, -0.2) is 9.48 Å². The van der Waals surface area contributed by atoms with Crippen molar-refractivity contribution in [3.05, 3.63) is 101 Å². The largest absolute Gasteiger partial charge is 0.573 e. The molecule has 52 heavy (non-hydrogen) atoms. The van der Waals surface area contributed by atoms with Crippen LogP contribution in [0.4, 0.5) is 29.3 Å². The van der Waals surface area contributed by atoms with Crippen LogP contribution in [0.25, 0.3) is 5.69 Å². The highest BCUT2D eigenvalue weighted by atomic mass is 19.4. The number of para-hydroxylation sites is 2. The molecule has 0 aliphatic carbocycles. The van der Waals surface area contributed by atoms with Gasteiger partial charge >= 0.3 is 12.4 Å². The van der Waals surface area contributed by atoms with E-state index in [9.17, 15) is 32.7 Å². The number of fused-ring (bicyclic) bond motifs is 1. The summed E-state index contributed by atoms with van der Waals surface area (Å²) >= 11 is 0. The molecule has 1 aliphatic rings. The van der Waals surface area contributed by atoms with Crippen molar-refractivity contribution in [3.63, 3.8) is 0 Å². The summed E-state index contributed by atoms with van der Waals surface area (Å²) in [7, 11) is 0. The molecule has 11 nitrogen and oxygen atoms in total. The number of urea groups is 1. The van der Waals surface area contributed by atoms with Crippen molar-refractivity contribution in [2.45, 2.75) is 71.8 Å². The number of ether oxygens (including phenoxy) is 1. The zero-order chi connectivity index (χ0) is 37.4. The Morgan fingerprint density at radius 3 is 2.29 bits per heavy atom. The Balaban J connectivity index is 1.51. The Labute approximate surface area is 300 Å². The van der Waals surface area contributed by atoms with Crippen molar-refractivity contribution < 1.29 is 37.4 Å². The zero-order valence-electron chi connectivity index (χ0n) is 29.4. The first-order valence-corrected chi connectivity index (χ1v) is 17.3. The number of alkyl halides is 3. The maximum Gasteiger partial charge on any atom is 0.573 e. The molecule has 0 saturated carbocycles. The number of hydrogen-bond acceptors (Lipinski definition) is 6. The van der Waals surface area contributed by atoms with Crippen molar-refractivity contribution in [2.75, 3.05) is 30.3 Å². The third-order valence-corrected chi connectivity index (χ3v) is 8.86. The smallest absolute Gasteiger partial charge is 0.404 e. The Morgan fingerprint density at radius 2 is 1.62 bits per heavy atom. The van der Waals surface area contributed by atoms with E-state index in [1.54, 1.807) is 28.9 Å². The van der Waals surface area contributed by atoms with Gasteiger partial charge in [-0.1, -0.05) is 63.1 Å². The number of nitrogens with zero attached hydrogens (tertiary/aromatic N) is 4. The molecule has 3 N–H and O–H groups in total. The number of halogens is 3. The van der Waals surface area contributed by atoms with E-state index in [-0.39, 0.29) is 41.7 Å². The lowest BCUT2D eigenvalue weighted by molar-refractivity contribution is -0.274. The quantitative estimate of drug-likeness (QED) is 0.133. The molecule has 1 atom stereocenters. The fourth-order valence-electron chi connectivity index (χ4n) is 6.18. The molecule has 1 aromatic heterocycles. The van der Waals surface area contributed by atoms with Crippen LogP contribution >= 0.6 is 0 Å². The van der Waals surface area contributed by atoms with E-state index in [1.807, 2.05) is 24.3 Å². The maximum atomic E-state index is 14.5. The summed E-state index contributed by atoms with van der Waals surface area (Å²) in [5.74, 6) is -1.26. The molecule has 4 aromatic rings. The number of anilines is 2. The summed E-state index contributed by atoms with van der Waals surface area (Å²) in [6.45, 7) is 7.02. The molecular formula is C38H43F3N6O5. The number of rotatable bonds is 13. The number of aliphatic hydroxyl groups is 1. The lowest BCUT2D eigenvalue weighted by atomic mass is 9.93. The minimum Gasteiger partial charge on any atom is -0.404 e. The molecule has 2 heterocycles. The van der Waals surface area contributed by atoms with Crippen molar-refractivity contribution in [1.82, 2.24) is 19.6 Å². The molecule has 1 unspecified atom stereocenters. The standard InChI is InChI=1S/C38H43F3N6O5/c1-4-6-18-45(19-7-5-2)36(50)32-20-25(3)47(44-32)33-17-16-28(42-37(51)43-31-14-10-11-15-34(31)52-38(39,40)41)22-30(33)35(49)46-23-27-13-9-8-12-26(27)21-29(46)24-48/h8-17,20,22,29,48H,4-7,18-19,21,23-24H2,1-3H3,(H2,42,43,51). The van der Waals surface area contributed by atoms with Gasteiger partial charge in [0.05, 0.1) is 29.6 Å². The summed E-state index contributed by atoms with van der Waals surface area (Å²) in [4.78, 5) is 44.6. The number of carbonyl (C=O) groups excluding carboxylic acids is 3. The molecule has 276 valence electrons. The molecule has 5 rings (SSSR count). The van der Waals surface area contributed by atoms with Gasteiger partial charge in [-0.05, 0) is 73.7 Å². The van der Waals surface area contributed by atoms with Crippen LogP contribution < -0.4 is 15.4 Å². The SMILES string of the molecule is CCCCN(CCCC)C(=O)c1cc(C)n(-c2ccc(NC(=O)Nc3ccccc3OC(F)(F)F)cc2C(=O)N2Cc3ccccc3CC2CO)n1. The van der Waals surface area contributed by atoms with E-state index in [0.29, 0.717) is 30.9 Å². The number of amides is 4. The normalized spacial score (nSPS) is 14.1. The summed E-state index contributed by atoms with van der Waals surface area (Å²) in [6.07, 6.45) is -0.991. The second kappa shape index (κ2) is 16.8. The van der Waals surface area contributed by atoms with Gasteiger partial charge in [0.1, 0.15) is 0 Å². The first-order valence-electron chi connectivity index (χ1n) is 17.3. The van der Waals surface area contributed by atoms with Crippen molar-refractivity contribution in [3.8, 4) is 11.4 Å². The van der Waals surface area contributed by atoms with Crippen LogP contribution in [-0.4, -0.2) is 74.6 Å². The van der Waals surface area contributed by atoms with Crippen LogP contribution in [0.1, 0.15) is 77.2 Å². The molecule has 3 aromatic carbocycles. The van der Waals surface area contributed by atoms with Gasteiger partial charge in [0.25, 0.3) is 11.8 Å². The molecule has 0 radical (unpaired) electrons. The van der Waals surface area contributed by atoms with Crippen LogP contribution in [0, 0.1) is 6.92 Å². The van der Waals surface area contributed by atoms with E-state index in [1.165, 1.54) is 35.0 Å². The number of aromatic nitrogens is 2. The van der Waals surface area contributed by atoms with Crippen LogP contribution in [0.3, 0.4) is 0 Å². The zero-order valence-corrected chi connectivity index (χ0v) is 29.4. The Bertz CT molecular complexity index is 1890. The highest BCUT2D eigenvalue weighted by Crippen LogP contribution is 2.31. The Kier molecular flexibility index (Phi) is 12.2. The van der Waals surface area contributed by atoms with Gasteiger partial charge in [-0.2, -0.15) is 5.10 Å². The van der Waals surface area contributed by atoms with E-state index >= 15 is 0 Å². The van der Waals surface area contributed by atoms with E-state index in [0.717, 1.165) is 42.9 Å². The highest BCUT2D eigenvalue weighted by molar-refractivity contribution is 6.03. The lowest BCUT2D eigenvalue weighted by Crippen LogP contribution is -2.46. The number of hydrogen-bond donors (Lipinski definition) is 3. The number of aryl methyl sites for hydroxylation is 1. The van der Waals surface area contributed by atoms with Gasteiger partial charge < -0.3 is 30.3 Å². The number of carbonyl (C=O) groups is 3. The number of aliphatic hydroxyl groups excluding tert-OH is 1. The Morgan fingerprint density at radius 1 is 0.942 bits per heavy atom. The van der Waals surface area contributed by atoms with E-state index in [4.69, 9.17) is 0 Å². The Hall–Kier alpha value is -5.37. The highest BCUT2D eigenvalue weighted by Gasteiger charge is 2.33. The molecule has 0 spiro atoms. The van der Waals surface area contributed by atoms with Crippen LogP contribution in [0.5, 0.6) is 5.75 Å². The minimum absolute atomic E-state index is 0.121. The predicted octanol–water partition coefficient (Wildman–Crippen LogP) is 7.33. The second-order valence-electron chi connectivity index (χ2n) is 12.7. The molecule has 1 aliphatic heterocycles. The van der Waals surface area contributed by atoms with Crippen LogP contribution in [0.15, 0.2) is 72.8 Å². The summed E-state index contributed by atoms with van der Waals surface area (Å²) < 4.78 is 44.5. The van der Waals surface area contributed by atoms with Gasteiger partial charge in [0.15, 0.2) is 11.4 Å². The molecular weight excluding hydrogens is 677 g/mol. The number of benzene rings is 3. The summed E-state index contributed by atoms with van der Waals surface area (Å²) in [5.41, 5.74) is 3.15. The third kappa shape index (κ3) is 9.10. The van der Waals surface area contributed by atoms with Crippen molar-refractivity contribution in [1.29, 1.82) is 0 Å². The minimum atomic E-state index is -4.97. The number of nitrogens with one attached hydrogen (secondary N) is 2. The third-order valence-electron chi connectivity index (χ3n) is 8.86. The van der Waals surface area contributed by atoms with E-state index < -0.39 is 30.1 Å². The first kappa shape index (κ1) is 37.9.